The minimum absolute atomic E-state index is 0.429. The Balaban J connectivity index is 2.43. The Bertz CT molecular complexity index is 349. The molecule has 2 aliphatic heterocycles. The minimum atomic E-state index is -0.429. The topological polar surface area (TPSA) is 0 Å². The predicted molar refractivity (Wildman–Crippen MR) is 67.9 cm³/mol. The molecule has 0 aromatic rings. The van der Waals surface area contributed by atoms with Gasteiger partial charge in [-0.1, -0.05) is 0 Å². The molecule has 0 bridgehead atoms. The van der Waals surface area contributed by atoms with Gasteiger partial charge in [0.25, 0.3) is 0 Å². The molecule has 0 fully saturated rings. The third-order valence-corrected chi connectivity index (χ3v) is 18.4. The average Bonchev–Trinajstić information content (AvgIpc) is 2.59. The van der Waals surface area contributed by atoms with E-state index in [1.165, 1.54) is 0 Å². The Hall–Kier alpha value is 0.986. The van der Waals surface area contributed by atoms with Crippen molar-refractivity contribution in [2.24, 2.45) is 0 Å². The van der Waals surface area contributed by atoms with Crippen molar-refractivity contribution in [3.8, 4) is 0 Å². The van der Waals surface area contributed by atoms with Crippen LogP contribution >= 0.6 is 0 Å². The summed E-state index contributed by atoms with van der Waals surface area (Å²) in [5.41, 5.74) is 0. The number of rotatable bonds is 1. The summed E-state index contributed by atoms with van der Waals surface area (Å²) in [4.78, 5) is 0. The molecule has 2 heterocycles. The number of hydrogen-bond acceptors (Lipinski definition) is 0. The van der Waals surface area contributed by atoms with Gasteiger partial charge in [0.1, 0.15) is 0 Å². The molecular formula is C12H16Bi2. The molecule has 0 amide bonds. The molecule has 0 saturated carbocycles. The second kappa shape index (κ2) is 3.78. The van der Waals surface area contributed by atoms with Crippen LogP contribution in [-0.4, -0.2) is 51.9 Å². The van der Waals surface area contributed by atoms with E-state index in [-0.39, 0.29) is 0 Å². The first-order chi connectivity index (χ1) is 6.45. The molecular weight excluding hydrogens is 562 g/mol. The summed E-state index contributed by atoms with van der Waals surface area (Å²) in [5.74, 6) is 0. The normalized spacial score (nSPS) is 40.3. The van der Waals surface area contributed by atoms with Gasteiger partial charge in [-0.3, -0.25) is 0 Å². The van der Waals surface area contributed by atoms with E-state index in [9.17, 15) is 0 Å². The van der Waals surface area contributed by atoms with Crippen molar-refractivity contribution in [3.63, 3.8) is 0 Å². The van der Waals surface area contributed by atoms with Crippen molar-refractivity contribution in [3.05, 3.63) is 24.3 Å². The van der Waals surface area contributed by atoms with Crippen LogP contribution in [0, 0.1) is 0 Å². The predicted octanol–water partition coefficient (Wildman–Crippen LogP) is 2.28. The molecule has 14 heavy (non-hydrogen) atoms. The van der Waals surface area contributed by atoms with E-state index >= 15 is 0 Å². The summed E-state index contributed by atoms with van der Waals surface area (Å²) < 4.78 is 4.66. The summed E-state index contributed by atoms with van der Waals surface area (Å²) in [6, 6.07) is 0. The first-order valence-electron chi connectivity index (χ1n) is 4.97. The molecule has 0 N–H and O–H groups in total. The third-order valence-electron chi connectivity index (χ3n) is 3.14. The fraction of sp³-hybridized carbons (Fsp3) is 0.500. The summed E-state index contributed by atoms with van der Waals surface area (Å²) in [7, 11) is 0. The zero-order valence-electron chi connectivity index (χ0n) is 9.20. The molecule has 2 rings (SSSR count). The van der Waals surface area contributed by atoms with Gasteiger partial charge >= 0.3 is 110 Å². The number of hydrogen-bond donors (Lipinski definition) is 0. The van der Waals surface area contributed by atoms with Gasteiger partial charge in [0, 0.05) is 0 Å². The van der Waals surface area contributed by atoms with Gasteiger partial charge < -0.3 is 0 Å². The van der Waals surface area contributed by atoms with Crippen molar-refractivity contribution in [2.45, 2.75) is 33.9 Å². The SMILES string of the molecule is C[C]1=[Bi][C](C)([C]2(C)C=C[C](C)=[Bi]2)C=C1. The van der Waals surface area contributed by atoms with Crippen molar-refractivity contribution >= 4 is 51.9 Å². The van der Waals surface area contributed by atoms with E-state index < -0.39 is 45.5 Å². The third kappa shape index (κ3) is 1.82. The van der Waals surface area contributed by atoms with Crippen molar-refractivity contribution < 1.29 is 0 Å². The van der Waals surface area contributed by atoms with E-state index in [0.29, 0.717) is 6.25 Å². The summed E-state index contributed by atoms with van der Waals surface area (Å²) in [6.07, 6.45) is 9.88. The van der Waals surface area contributed by atoms with Crippen LogP contribution in [0.15, 0.2) is 24.3 Å². The van der Waals surface area contributed by atoms with E-state index in [1.54, 1.807) is 6.41 Å². The van der Waals surface area contributed by atoms with Crippen LogP contribution in [0.1, 0.15) is 27.7 Å². The van der Waals surface area contributed by atoms with Gasteiger partial charge in [-0.25, -0.2) is 0 Å². The van der Waals surface area contributed by atoms with E-state index in [0.717, 1.165) is 0 Å². The summed E-state index contributed by atoms with van der Waals surface area (Å²) >= 11 is -0.859. The van der Waals surface area contributed by atoms with E-state index in [2.05, 4.69) is 52.0 Å². The van der Waals surface area contributed by atoms with Gasteiger partial charge in [0.05, 0.1) is 0 Å². The van der Waals surface area contributed by atoms with Gasteiger partial charge in [-0.15, -0.1) is 0 Å². The molecule has 0 nitrogen and oxygen atoms in total. The Morgan fingerprint density at radius 1 is 0.857 bits per heavy atom. The second-order valence-corrected chi connectivity index (χ2v) is 18.9. The van der Waals surface area contributed by atoms with Gasteiger partial charge in [0.15, 0.2) is 0 Å². The van der Waals surface area contributed by atoms with Crippen LogP contribution in [0.25, 0.3) is 0 Å². The van der Waals surface area contributed by atoms with Crippen molar-refractivity contribution in [2.75, 3.05) is 0 Å². The molecule has 2 aliphatic rings. The Morgan fingerprint density at radius 2 is 1.21 bits per heavy atom. The summed E-state index contributed by atoms with van der Waals surface area (Å²) in [5, 5.41) is 0. The molecule has 74 valence electrons. The molecule has 0 spiro atoms. The Morgan fingerprint density at radius 3 is 1.43 bits per heavy atom. The maximum atomic E-state index is 2.53. The molecule has 2 unspecified atom stereocenters. The fourth-order valence-electron chi connectivity index (χ4n) is 2.01. The molecule has 0 aromatic carbocycles. The Labute approximate surface area is 109 Å². The molecule has 0 saturated heterocycles. The van der Waals surface area contributed by atoms with Crippen LogP contribution in [0.5, 0.6) is 0 Å². The standard InChI is InChI=1S/C12H16.2Bi/c1-5-7-9-11(3)12(4)10-8-6-2;;/h7-10H,1-4H3;;. The van der Waals surface area contributed by atoms with Crippen LogP contribution < -0.4 is 0 Å². The fourth-order valence-corrected chi connectivity index (χ4v) is 15.8. The van der Waals surface area contributed by atoms with Crippen molar-refractivity contribution in [1.29, 1.82) is 0 Å². The van der Waals surface area contributed by atoms with E-state index in [1.807, 2.05) is 0 Å². The average molecular weight is 578 g/mol. The van der Waals surface area contributed by atoms with Gasteiger partial charge in [-0.05, 0) is 0 Å². The zero-order valence-corrected chi connectivity index (χ0v) is 16.2. The van der Waals surface area contributed by atoms with Crippen LogP contribution in [0.4, 0.5) is 0 Å². The van der Waals surface area contributed by atoms with E-state index in [4.69, 9.17) is 0 Å². The van der Waals surface area contributed by atoms with Gasteiger partial charge in [0.2, 0.25) is 0 Å². The van der Waals surface area contributed by atoms with Crippen LogP contribution in [-0.2, 0) is 0 Å². The molecule has 0 aromatic heterocycles. The summed E-state index contributed by atoms with van der Waals surface area (Å²) in [6.45, 7) is 9.71. The molecule has 2 atom stereocenters. The number of allylic oxidation sites excluding steroid dienone is 4. The van der Waals surface area contributed by atoms with Crippen LogP contribution in [0.3, 0.4) is 0 Å². The molecule has 2 heteroatoms. The quantitative estimate of drug-likeness (QED) is 0.420. The molecule has 0 radical (unpaired) electrons. The maximum absolute atomic E-state index is 2.53. The zero-order chi connectivity index (χ0) is 10.4. The first-order valence-corrected chi connectivity index (χ1v) is 11.9. The van der Waals surface area contributed by atoms with Crippen LogP contribution in [0.2, 0.25) is 6.25 Å². The first kappa shape index (κ1) is 11.5. The molecule has 0 aliphatic carbocycles. The van der Waals surface area contributed by atoms with Crippen molar-refractivity contribution in [1.82, 2.24) is 0 Å². The second-order valence-electron chi connectivity index (χ2n) is 4.47. The monoisotopic (exact) mass is 578 g/mol. The Kier molecular flexibility index (Phi) is 3.10. The van der Waals surface area contributed by atoms with Gasteiger partial charge in [-0.2, -0.15) is 0 Å².